The number of likely N-dealkylation sites (tertiary alicyclic amines) is 1. The van der Waals surface area contributed by atoms with Crippen LogP contribution in [0.5, 0.6) is 0 Å². The van der Waals surface area contributed by atoms with Gasteiger partial charge in [-0.2, -0.15) is 0 Å². The van der Waals surface area contributed by atoms with Crippen LogP contribution in [0.15, 0.2) is 23.1 Å². The third kappa shape index (κ3) is 5.88. The van der Waals surface area contributed by atoms with E-state index in [1.165, 1.54) is 19.2 Å². The highest BCUT2D eigenvalue weighted by Gasteiger charge is 2.25. The number of carbonyl (C=O) groups is 1. The Labute approximate surface area is 164 Å². The number of sulfonamides is 1. The molecule has 0 atom stereocenters. The molecule has 1 heterocycles. The number of nitro groups is 1. The minimum atomic E-state index is -3.76. The Morgan fingerprint density at radius 3 is 2.50 bits per heavy atom. The standard InChI is InChI=1S/C17H27N5O5S/c1-12(2)19-17(23)11-21-8-6-13(7-9-21)20-15-5-4-14(28(26,27)18-3)10-16(15)22(24)25/h4-5,10,12-13,18,20H,6-9,11H2,1-3H3,(H,19,23). The van der Waals surface area contributed by atoms with Crippen molar-refractivity contribution in [1.29, 1.82) is 0 Å². The molecule has 1 aromatic carbocycles. The molecule has 1 aliphatic rings. The van der Waals surface area contributed by atoms with E-state index in [2.05, 4.69) is 15.4 Å². The molecule has 10 nitrogen and oxygen atoms in total. The van der Waals surface area contributed by atoms with Gasteiger partial charge in [0.1, 0.15) is 5.69 Å². The molecule has 0 bridgehead atoms. The Balaban J connectivity index is 2.01. The Kier molecular flexibility index (Phi) is 7.33. The van der Waals surface area contributed by atoms with Crippen molar-refractivity contribution in [3.05, 3.63) is 28.3 Å². The lowest BCUT2D eigenvalue weighted by atomic mass is 10.0. The molecular formula is C17H27N5O5S. The van der Waals surface area contributed by atoms with Gasteiger partial charge in [-0.1, -0.05) is 0 Å². The third-order valence-electron chi connectivity index (χ3n) is 4.51. The SMILES string of the molecule is CNS(=O)(=O)c1ccc(NC2CCN(CC(=O)NC(C)C)CC2)c([N+](=O)[O-])c1. The molecule has 0 spiro atoms. The zero-order valence-electron chi connectivity index (χ0n) is 16.3. The van der Waals surface area contributed by atoms with Crippen molar-refractivity contribution in [2.24, 2.45) is 0 Å². The van der Waals surface area contributed by atoms with E-state index >= 15 is 0 Å². The molecule has 2 rings (SSSR count). The molecule has 28 heavy (non-hydrogen) atoms. The van der Waals surface area contributed by atoms with Gasteiger partial charge in [0.05, 0.1) is 16.4 Å². The third-order valence-corrected chi connectivity index (χ3v) is 5.92. The normalized spacial score (nSPS) is 16.1. The average Bonchev–Trinajstić information content (AvgIpc) is 2.62. The number of rotatable bonds is 8. The zero-order valence-corrected chi connectivity index (χ0v) is 17.1. The van der Waals surface area contributed by atoms with Crippen LogP contribution in [0, 0.1) is 10.1 Å². The monoisotopic (exact) mass is 413 g/mol. The molecule has 1 aliphatic heterocycles. The summed E-state index contributed by atoms with van der Waals surface area (Å²) in [6.45, 7) is 5.55. The summed E-state index contributed by atoms with van der Waals surface area (Å²) in [5.41, 5.74) is 0.00567. The first-order valence-electron chi connectivity index (χ1n) is 9.12. The first-order valence-corrected chi connectivity index (χ1v) is 10.6. The minimum Gasteiger partial charge on any atom is -0.377 e. The van der Waals surface area contributed by atoms with Gasteiger partial charge in [-0.05, 0) is 45.9 Å². The Morgan fingerprint density at radius 1 is 1.32 bits per heavy atom. The Morgan fingerprint density at radius 2 is 1.96 bits per heavy atom. The van der Waals surface area contributed by atoms with Crippen molar-refractivity contribution in [1.82, 2.24) is 14.9 Å². The number of piperidine rings is 1. The number of amides is 1. The number of carbonyl (C=O) groups excluding carboxylic acids is 1. The molecule has 0 unspecified atom stereocenters. The summed E-state index contributed by atoms with van der Waals surface area (Å²) in [5, 5.41) is 17.4. The van der Waals surface area contributed by atoms with Crippen LogP contribution in [-0.2, 0) is 14.8 Å². The van der Waals surface area contributed by atoms with Gasteiger partial charge >= 0.3 is 0 Å². The van der Waals surface area contributed by atoms with Gasteiger partial charge in [0.2, 0.25) is 15.9 Å². The lowest BCUT2D eigenvalue weighted by molar-refractivity contribution is -0.384. The highest BCUT2D eigenvalue weighted by molar-refractivity contribution is 7.89. The summed E-state index contributed by atoms with van der Waals surface area (Å²) in [5.74, 6) is -0.0154. The molecule has 0 radical (unpaired) electrons. The van der Waals surface area contributed by atoms with Gasteiger partial charge in [0.15, 0.2) is 0 Å². The number of benzene rings is 1. The van der Waals surface area contributed by atoms with Crippen LogP contribution in [-0.4, -0.2) is 62.9 Å². The highest BCUT2D eigenvalue weighted by atomic mass is 32.2. The highest BCUT2D eigenvalue weighted by Crippen LogP contribution is 2.29. The minimum absolute atomic E-state index is 0.00914. The Bertz CT molecular complexity index is 819. The number of nitro benzene ring substituents is 1. The molecule has 156 valence electrons. The lowest BCUT2D eigenvalue weighted by Gasteiger charge is -2.32. The fraction of sp³-hybridized carbons (Fsp3) is 0.588. The fourth-order valence-electron chi connectivity index (χ4n) is 3.10. The van der Waals surface area contributed by atoms with E-state index in [1.807, 2.05) is 18.7 Å². The average molecular weight is 414 g/mol. The summed E-state index contributed by atoms with van der Waals surface area (Å²) in [4.78, 5) is 24.5. The van der Waals surface area contributed by atoms with Crippen LogP contribution in [0.2, 0.25) is 0 Å². The van der Waals surface area contributed by atoms with Crippen LogP contribution in [0.4, 0.5) is 11.4 Å². The largest absolute Gasteiger partial charge is 0.377 e. The van der Waals surface area contributed by atoms with Crippen molar-refractivity contribution in [2.45, 2.75) is 43.7 Å². The van der Waals surface area contributed by atoms with E-state index in [9.17, 15) is 23.3 Å². The first kappa shape index (κ1) is 22.1. The molecule has 0 saturated carbocycles. The fourth-order valence-corrected chi connectivity index (χ4v) is 3.85. The first-order chi connectivity index (χ1) is 13.1. The summed E-state index contributed by atoms with van der Waals surface area (Å²) in [6, 6.07) is 3.92. The quantitative estimate of drug-likeness (QED) is 0.426. The number of nitrogens with one attached hydrogen (secondary N) is 3. The second kappa shape index (κ2) is 9.30. The van der Waals surface area contributed by atoms with E-state index < -0.39 is 14.9 Å². The van der Waals surface area contributed by atoms with Crippen molar-refractivity contribution >= 4 is 27.3 Å². The second-order valence-electron chi connectivity index (χ2n) is 7.06. The number of hydrogen-bond donors (Lipinski definition) is 3. The van der Waals surface area contributed by atoms with Gasteiger partial charge in [0, 0.05) is 31.2 Å². The van der Waals surface area contributed by atoms with Crippen molar-refractivity contribution in [2.75, 3.05) is 32.0 Å². The summed E-state index contributed by atoms with van der Waals surface area (Å²) in [7, 11) is -2.51. The number of anilines is 1. The summed E-state index contributed by atoms with van der Waals surface area (Å²) in [6.07, 6.45) is 1.45. The molecule has 11 heteroatoms. The van der Waals surface area contributed by atoms with Gasteiger partial charge in [-0.25, -0.2) is 13.1 Å². The second-order valence-corrected chi connectivity index (χ2v) is 8.95. The van der Waals surface area contributed by atoms with Crippen molar-refractivity contribution in [3.63, 3.8) is 0 Å². The number of hydrogen-bond acceptors (Lipinski definition) is 7. The molecule has 1 saturated heterocycles. The van der Waals surface area contributed by atoms with Crippen LogP contribution < -0.4 is 15.4 Å². The molecule has 3 N–H and O–H groups in total. The predicted octanol–water partition coefficient (Wildman–Crippen LogP) is 0.904. The van der Waals surface area contributed by atoms with E-state index in [0.717, 1.165) is 18.9 Å². The van der Waals surface area contributed by atoms with Crippen LogP contribution in [0.3, 0.4) is 0 Å². The maximum atomic E-state index is 11.9. The molecule has 0 aliphatic carbocycles. The van der Waals surface area contributed by atoms with E-state index in [-0.39, 0.29) is 34.3 Å². The summed E-state index contributed by atoms with van der Waals surface area (Å²) >= 11 is 0. The van der Waals surface area contributed by atoms with Gasteiger partial charge < -0.3 is 10.6 Å². The van der Waals surface area contributed by atoms with E-state index in [0.29, 0.717) is 19.6 Å². The zero-order chi connectivity index (χ0) is 20.9. The molecular weight excluding hydrogens is 386 g/mol. The maximum absolute atomic E-state index is 11.9. The van der Waals surface area contributed by atoms with Gasteiger partial charge in [-0.3, -0.25) is 19.8 Å². The molecule has 1 fully saturated rings. The molecule has 1 amide bonds. The van der Waals surface area contributed by atoms with Crippen LogP contribution >= 0.6 is 0 Å². The molecule has 0 aromatic heterocycles. The predicted molar refractivity (Wildman–Crippen MR) is 106 cm³/mol. The maximum Gasteiger partial charge on any atom is 0.293 e. The summed E-state index contributed by atoms with van der Waals surface area (Å²) < 4.78 is 25.9. The topological polar surface area (TPSA) is 134 Å². The van der Waals surface area contributed by atoms with Crippen molar-refractivity contribution < 1.29 is 18.1 Å². The molecule has 1 aromatic rings. The number of nitrogens with zero attached hydrogens (tertiary/aromatic N) is 2. The Hall–Kier alpha value is -2.24. The lowest BCUT2D eigenvalue weighted by Crippen LogP contribution is -2.45. The van der Waals surface area contributed by atoms with Gasteiger partial charge in [-0.15, -0.1) is 0 Å². The van der Waals surface area contributed by atoms with Crippen LogP contribution in [0.1, 0.15) is 26.7 Å². The van der Waals surface area contributed by atoms with Crippen molar-refractivity contribution in [3.8, 4) is 0 Å². The van der Waals surface area contributed by atoms with Crippen LogP contribution in [0.25, 0.3) is 0 Å². The van der Waals surface area contributed by atoms with E-state index in [4.69, 9.17) is 0 Å². The van der Waals surface area contributed by atoms with E-state index in [1.54, 1.807) is 0 Å². The smallest absolute Gasteiger partial charge is 0.293 e. The van der Waals surface area contributed by atoms with Gasteiger partial charge in [0.25, 0.3) is 5.69 Å².